The number of carbonyl (C=O) groups is 1. The topological polar surface area (TPSA) is 93.8 Å². The van der Waals surface area contributed by atoms with Gasteiger partial charge in [-0.2, -0.15) is 5.10 Å². The van der Waals surface area contributed by atoms with Crippen LogP contribution in [-0.2, 0) is 18.4 Å². The minimum absolute atomic E-state index is 0.0207. The van der Waals surface area contributed by atoms with Gasteiger partial charge in [-0.05, 0) is 19.4 Å². The van der Waals surface area contributed by atoms with E-state index in [1.807, 2.05) is 0 Å². The number of carbonyl (C=O) groups excluding carboxylic acids is 1. The third-order valence-corrected chi connectivity index (χ3v) is 3.69. The van der Waals surface area contributed by atoms with Gasteiger partial charge in [-0.15, -0.1) is 0 Å². The molecule has 0 spiro atoms. The second-order valence-electron chi connectivity index (χ2n) is 5.29. The van der Waals surface area contributed by atoms with E-state index in [2.05, 4.69) is 20.7 Å². The van der Waals surface area contributed by atoms with Gasteiger partial charge in [0, 0.05) is 19.6 Å². The van der Waals surface area contributed by atoms with Crippen molar-refractivity contribution in [1.29, 1.82) is 0 Å². The average molecular weight is 290 g/mol. The molecule has 3 rings (SSSR count). The van der Waals surface area contributed by atoms with Crippen molar-refractivity contribution in [2.45, 2.75) is 25.4 Å². The molecule has 21 heavy (non-hydrogen) atoms. The molecule has 1 fully saturated rings. The van der Waals surface area contributed by atoms with Crippen molar-refractivity contribution in [3.05, 3.63) is 22.9 Å². The summed E-state index contributed by atoms with van der Waals surface area (Å²) in [5, 5.41) is 10.6. The molecule has 2 aromatic rings. The number of fused-ring (bicyclic) bond motifs is 1. The van der Waals surface area contributed by atoms with E-state index in [0.29, 0.717) is 11.0 Å². The quantitative estimate of drug-likeness (QED) is 0.756. The van der Waals surface area contributed by atoms with Crippen LogP contribution in [-0.4, -0.2) is 44.4 Å². The van der Waals surface area contributed by atoms with Crippen LogP contribution in [0.1, 0.15) is 12.8 Å². The predicted molar refractivity (Wildman–Crippen MR) is 76.8 cm³/mol. The zero-order chi connectivity index (χ0) is 14.8. The number of nitrogens with zero attached hydrogens (tertiary/aromatic N) is 4. The number of rotatable bonds is 3. The number of aromatic nitrogens is 4. The molecule has 0 bridgehead atoms. The summed E-state index contributed by atoms with van der Waals surface area (Å²) >= 11 is 0. The zero-order valence-corrected chi connectivity index (χ0v) is 11.9. The molecule has 0 unspecified atom stereocenters. The molecule has 0 saturated carbocycles. The van der Waals surface area contributed by atoms with E-state index >= 15 is 0 Å². The lowest BCUT2D eigenvalue weighted by atomic mass is 10.1. The Morgan fingerprint density at radius 1 is 1.57 bits per heavy atom. The Hall–Kier alpha value is -2.22. The Bertz CT molecular complexity index is 713. The zero-order valence-electron chi connectivity index (χ0n) is 11.9. The van der Waals surface area contributed by atoms with Gasteiger partial charge in [-0.3, -0.25) is 18.8 Å². The summed E-state index contributed by atoms with van der Waals surface area (Å²) in [4.78, 5) is 28.4. The fourth-order valence-corrected chi connectivity index (χ4v) is 2.58. The van der Waals surface area contributed by atoms with E-state index < -0.39 is 0 Å². The Morgan fingerprint density at radius 3 is 3.19 bits per heavy atom. The highest BCUT2D eigenvalue weighted by atomic mass is 16.2. The van der Waals surface area contributed by atoms with Gasteiger partial charge in [0.15, 0.2) is 5.65 Å². The van der Waals surface area contributed by atoms with Gasteiger partial charge in [-0.25, -0.2) is 4.98 Å². The molecule has 1 aliphatic heterocycles. The number of hydrogen-bond acceptors (Lipinski definition) is 5. The van der Waals surface area contributed by atoms with Gasteiger partial charge in [0.1, 0.15) is 18.3 Å². The van der Waals surface area contributed by atoms with Crippen LogP contribution in [0.3, 0.4) is 0 Å². The van der Waals surface area contributed by atoms with Gasteiger partial charge in [0.2, 0.25) is 5.91 Å². The van der Waals surface area contributed by atoms with Crippen LogP contribution in [0.4, 0.5) is 0 Å². The summed E-state index contributed by atoms with van der Waals surface area (Å²) in [7, 11) is 1.72. The molecule has 0 aliphatic carbocycles. The number of hydrogen-bond donors (Lipinski definition) is 2. The molecule has 1 amide bonds. The lowest BCUT2D eigenvalue weighted by Crippen LogP contribution is -2.47. The molecule has 0 aromatic carbocycles. The number of amides is 1. The average Bonchev–Trinajstić information content (AvgIpc) is 2.85. The summed E-state index contributed by atoms with van der Waals surface area (Å²) in [5.74, 6) is -0.171. The minimum atomic E-state index is -0.245. The Morgan fingerprint density at radius 2 is 2.43 bits per heavy atom. The van der Waals surface area contributed by atoms with Crippen LogP contribution in [0.5, 0.6) is 0 Å². The van der Waals surface area contributed by atoms with E-state index in [1.165, 1.54) is 21.8 Å². The second kappa shape index (κ2) is 5.65. The van der Waals surface area contributed by atoms with E-state index in [1.54, 1.807) is 7.05 Å². The first-order valence-electron chi connectivity index (χ1n) is 7.02. The van der Waals surface area contributed by atoms with Gasteiger partial charge < -0.3 is 10.6 Å². The molecule has 112 valence electrons. The summed E-state index contributed by atoms with van der Waals surface area (Å²) in [6.45, 7) is 1.75. The monoisotopic (exact) mass is 290 g/mol. The molecule has 3 heterocycles. The summed E-state index contributed by atoms with van der Waals surface area (Å²) in [6.07, 6.45) is 4.89. The molecule has 8 nitrogen and oxygen atoms in total. The highest BCUT2D eigenvalue weighted by Gasteiger charge is 2.16. The molecular formula is C13H18N6O2. The molecule has 1 atom stereocenters. The molecular weight excluding hydrogens is 272 g/mol. The van der Waals surface area contributed by atoms with Crippen molar-refractivity contribution >= 4 is 16.9 Å². The van der Waals surface area contributed by atoms with E-state index in [-0.39, 0.29) is 24.1 Å². The van der Waals surface area contributed by atoms with Crippen molar-refractivity contribution in [3.8, 4) is 0 Å². The summed E-state index contributed by atoms with van der Waals surface area (Å²) < 4.78 is 2.85. The minimum Gasteiger partial charge on any atom is -0.351 e. The number of piperidine rings is 1. The Balaban J connectivity index is 1.73. The molecule has 1 aliphatic rings. The Kier molecular flexibility index (Phi) is 3.70. The van der Waals surface area contributed by atoms with Crippen LogP contribution in [0.2, 0.25) is 0 Å². The van der Waals surface area contributed by atoms with E-state index in [9.17, 15) is 9.59 Å². The fraction of sp³-hybridized carbons (Fsp3) is 0.538. The molecule has 1 saturated heterocycles. The summed E-state index contributed by atoms with van der Waals surface area (Å²) in [5.41, 5.74) is 0.276. The summed E-state index contributed by atoms with van der Waals surface area (Å²) in [6, 6.07) is 0.136. The first kappa shape index (κ1) is 13.7. The van der Waals surface area contributed by atoms with Crippen molar-refractivity contribution in [2.75, 3.05) is 13.1 Å². The van der Waals surface area contributed by atoms with Crippen LogP contribution >= 0.6 is 0 Å². The Labute approximate surface area is 121 Å². The third kappa shape index (κ3) is 2.80. The maximum Gasteiger partial charge on any atom is 0.264 e. The van der Waals surface area contributed by atoms with Gasteiger partial charge in [0.25, 0.3) is 5.56 Å². The highest BCUT2D eigenvalue weighted by molar-refractivity contribution is 5.77. The maximum absolute atomic E-state index is 12.2. The largest absolute Gasteiger partial charge is 0.351 e. The van der Waals surface area contributed by atoms with Crippen molar-refractivity contribution in [3.63, 3.8) is 0 Å². The third-order valence-electron chi connectivity index (χ3n) is 3.69. The molecule has 2 aromatic heterocycles. The fourth-order valence-electron chi connectivity index (χ4n) is 2.58. The van der Waals surface area contributed by atoms with Crippen LogP contribution in [0.25, 0.3) is 11.0 Å². The smallest absolute Gasteiger partial charge is 0.264 e. The lowest BCUT2D eigenvalue weighted by molar-refractivity contribution is -0.122. The molecule has 0 radical (unpaired) electrons. The van der Waals surface area contributed by atoms with Crippen LogP contribution < -0.4 is 16.2 Å². The normalized spacial score (nSPS) is 18.8. The van der Waals surface area contributed by atoms with Gasteiger partial charge in [-0.1, -0.05) is 0 Å². The van der Waals surface area contributed by atoms with Crippen molar-refractivity contribution in [2.24, 2.45) is 7.05 Å². The predicted octanol–water partition coefficient (Wildman–Crippen LogP) is -1.00. The van der Waals surface area contributed by atoms with Gasteiger partial charge in [0.05, 0.1) is 6.20 Å². The van der Waals surface area contributed by atoms with Gasteiger partial charge >= 0.3 is 0 Å². The van der Waals surface area contributed by atoms with E-state index in [0.717, 1.165) is 25.9 Å². The standard InChI is InChI=1S/C13H18N6O2/c1-18-12-10(6-16-18)13(21)19(8-15-12)7-11(20)17-9-3-2-4-14-5-9/h6,8-9,14H,2-5,7H2,1H3,(H,17,20)/t9-/m0/s1. The first-order chi connectivity index (χ1) is 10.1. The van der Waals surface area contributed by atoms with Crippen molar-refractivity contribution < 1.29 is 4.79 Å². The highest BCUT2D eigenvalue weighted by Crippen LogP contribution is 2.04. The van der Waals surface area contributed by atoms with Crippen molar-refractivity contribution in [1.82, 2.24) is 30.0 Å². The maximum atomic E-state index is 12.2. The molecule has 8 heteroatoms. The van der Waals surface area contributed by atoms with E-state index in [4.69, 9.17) is 0 Å². The number of nitrogens with one attached hydrogen (secondary N) is 2. The first-order valence-corrected chi connectivity index (χ1v) is 7.02. The second-order valence-corrected chi connectivity index (χ2v) is 5.29. The SMILES string of the molecule is Cn1ncc2c(=O)n(CC(=O)N[C@H]3CCCNC3)cnc21. The van der Waals surface area contributed by atoms with Crippen LogP contribution in [0, 0.1) is 0 Å². The number of aryl methyl sites for hydroxylation is 1. The van der Waals surface area contributed by atoms with Crippen LogP contribution in [0.15, 0.2) is 17.3 Å². The lowest BCUT2D eigenvalue weighted by Gasteiger charge is -2.23. The molecule has 2 N–H and O–H groups in total.